The third-order valence-electron chi connectivity index (χ3n) is 1.02. The van der Waals surface area contributed by atoms with Crippen LogP contribution in [0, 0.1) is 10.8 Å². The molecule has 0 aliphatic heterocycles. The molecule has 0 aliphatic carbocycles. The average molecular weight is 342 g/mol. The van der Waals surface area contributed by atoms with E-state index in [1.807, 2.05) is 0 Å². The van der Waals surface area contributed by atoms with Crippen molar-refractivity contribution < 1.29 is 34.8 Å². The third kappa shape index (κ3) is 144. The van der Waals surface area contributed by atoms with E-state index in [1.165, 1.54) is 0 Å². The lowest BCUT2D eigenvalue weighted by Gasteiger charge is -1.94. The minimum absolute atomic E-state index is 0.0278. The number of nitrogens with two attached hydrogens (primary N) is 4. The van der Waals surface area contributed by atoms with Crippen LogP contribution in [0.1, 0.15) is 12.8 Å². The molecule has 0 aliphatic rings. The Morgan fingerprint density at radius 1 is 0.783 bits per heavy atom. The van der Waals surface area contributed by atoms with E-state index in [0.717, 1.165) is 0 Å². The van der Waals surface area contributed by atoms with Crippen molar-refractivity contribution in [3.63, 3.8) is 0 Å². The number of carboxylic acid groups (broad SMARTS) is 2. The van der Waals surface area contributed by atoms with Crippen molar-refractivity contribution in [1.29, 1.82) is 10.8 Å². The Balaban J connectivity index is -0.000000110. The molecule has 0 unspecified atom stereocenters. The molecule has 0 fully saturated rings. The summed E-state index contributed by atoms with van der Waals surface area (Å²) in [7, 11) is 0. The van der Waals surface area contributed by atoms with Crippen LogP contribution >= 0.6 is 0 Å². The molecular formula is C10H26N6O7. The van der Waals surface area contributed by atoms with Crippen molar-refractivity contribution in [3.8, 4) is 0 Å². The topological polar surface area (TPSA) is 276 Å². The molecule has 0 aromatic heterocycles. The number of guanidine groups is 2. The predicted molar refractivity (Wildman–Crippen MR) is 81.7 cm³/mol. The molecule has 23 heavy (non-hydrogen) atoms. The molecule has 13 nitrogen and oxygen atoms in total. The molecule has 0 saturated heterocycles. The first-order valence-electron chi connectivity index (χ1n) is 5.93. The van der Waals surface area contributed by atoms with Gasteiger partial charge in [-0.3, -0.25) is 20.4 Å². The zero-order valence-corrected chi connectivity index (χ0v) is 12.6. The molecule has 0 aromatic carbocycles. The van der Waals surface area contributed by atoms with Gasteiger partial charge in [-0.2, -0.15) is 0 Å². The highest BCUT2D eigenvalue weighted by Gasteiger charge is 2.00. The van der Waals surface area contributed by atoms with Gasteiger partial charge in [0.05, 0.1) is 39.3 Å². The summed E-state index contributed by atoms with van der Waals surface area (Å²) in [5.74, 6) is -2.82. The van der Waals surface area contributed by atoms with Crippen molar-refractivity contribution in [2.24, 2.45) is 22.9 Å². The Kier molecular flexibility index (Phi) is 30.2. The van der Waals surface area contributed by atoms with Gasteiger partial charge in [-0.25, -0.2) is 0 Å². The van der Waals surface area contributed by atoms with Crippen LogP contribution < -0.4 is 22.9 Å². The van der Waals surface area contributed by atoms with Crippen LogP contribution in [0.15, 0.2) is 0 Å². The van der Waals surface area contributed by atoms with Crippen molar-refractivity contribution in [1.82, 2.24) is 0 Å². The minimum Gasteiger partial charge on any atom is -0.481 e. The molecule has 13 heteroatoms. The SMILES string of the molecule is N=C(N)N.N=C(N)N.O=C(O)CCC(=O)O.OCCOCCO. The van der Waals surface area contributed by atoms with Crippen molar-refractivity contribution in [3.05, 3.63) is 0 Å². The van der Waals surface area contributed by atoms with E-state index < -0.39 is 11.9 Å². The number of carboxylic acids is 2. The summed E-state index contributed by atoms with van der Waals surface area (Å²) >= 11 is 0. The number of nitrogens with one attached hydrogen (secondary N) is 2. The number of aliphatic carboxylic acids is 2. The summed E-state index contributed by atoms with van der Waals surface area (Å²) in [6, 6.07) is 0. The Labute approximate surface area is 132 Å². The monoisotopic (exact) mass is 342 g/mol. The Bertz CT molecular complexity index is 289. The summed E-state index contributed by atoms with van der Waals surface area (Å²) < 4.78 is 4.63. The smallest absolute Gasteiger partial charge is 0.303 e. The Hall–Kier alpha value is -2.64. The van der Waals surface area contributed by atoms with Gasteiger partial charge >= 0.3 is 11.9 Å². The van der Waals surface area contributed by atoms with Crippen LogP contribution in [-0.2, 0) is 14.3 Å². The molecule has 0 spiro atoms. The maximum absolute atomic E-state index is 9.64. The largest absolute Gasteiger partial charge is 0.481 e. The van der Waals surface area contributed by atoms with Gasteiger partial charge in [0.2, 0.25) is 0 Å². The minimum atomic E-state index is -1.08. The van der Waals surface area contributed by atoms with Gasteiger partial charge in [0.1, 0.15) is 0 Å². The number of ether oxygens (including phenoxy) is 1. The molecule has 0 radical (unpaired) electrons. The first kappa shape index (κ1) is 28.5. The van der Waals surface area contributed by atoms with Crippen LogP contribution in [0.2, 0.25) is 0 Å². The Morgan fingerprint density at radius 2 is 1.00 bits per heavy atom. The number of hydrogen-bond acceptors (Lipinski definition) is 7. The molecule has 0 amide bonds. The van der Waals surface area contributed by atoms with Crippen molar-refractivity contribution in [2.75, 3.05) is 26.4 Å². The van der Waals surface area contributed by atoms with Crippen LogP contribution in [0.25, 0.3) is 0 Å². The molecular weight excluding hydrogens is 316 g/mol. The number of aliphatic hydroxyl groups excluding tert-OH is 2. The molecule has 0 aromatic rings. The second-order valence-corrected chi connectivity index (χ2v) is 3.26. The first-order valence-corrected chi connectivity index (χ1v) is 5.93. The lowest BCUT2D eigenvalue weighted by Crippen LogP contribution is -2.20. The van der Waals surface area contributed by atoms with E-state index in [1.54, 1.807) is 0 Å². The number of rotatable bonds is 7. The molecule has 14 N–H and O–H groups in total. The first-order chi connectivity index (χ1) is 10.5. The van der Waals surface area contributed by atoms with Gasteiger partial charge in [-0.1, -0.05) is 0 Å². The lowest BCUT2D eigenvalue weighted by molar-refractivity contribution is -0.143. The quantitative estimate of drug-likeness (QED) is 0.123. The summed E-state index contributed by atoms with van der Waals surface area (Å²) in [5.41, 5.74) is 17.9. The van der Waals surface area contributed by atoms with Crippen LogP contribution in [0.4, 0.5) is 0 Å². The van der Waals surface area contributed by atoms with Crippen LogP contribution in [0.5, 0.6) is 0 Å². The maximum atomic E-state index is 9.64. The summed E-state index contributed by atoms with van der Waals surface area (Å²) in [5, 5.41) is 44.1. The molecule has 0 saturated carbocycles. The van der Waals surface area contributed by atoms with Gasteiger partial charge in [-0.15, -0.1) is 0 Å². The zero-order chi connectivity index (χ0) is 19.3. The lowest BCUT2D eigenvalue weighted by atomic mass is 10.3. The van der Waals surface area contributed by atoms with E-state index in [0.29, 0.717) is 13.2 Å². The highest BCUT2D eigenvalue weighted by Crippen LogP contribution is 1.86. The van der Waals surface area contributed by atoms with Crippen molar-refractivity contribution >= 4 is 23.9 Å². The van der Waals surface area contributed by atoms with Crippen molar-refractivity contribution in [2.45, 2.75) is 12.8 Å². The van der Waals surface area contributed by atoms with Gasteiger partial charge in [0, 0.05) is 0 Å². The number of carbonyl (C=O) groups is 2. The number of aliphatic hydroxyl groups is 2. The normalized spacial score (nSPS) is 7.91. The summed E-state index contributed by atoms with van der Waals surface area (Å²) in [4.78, 5) is 19.3. The molecule has 0 bridgehead atoms. The maximum Gasteiger partial charge on any atom is 0.303 e. The zero-order valence-electron chi connectivity index (χ0n) is 12.6. The fourth-order valence-electron chi connectivity index (χ4n) is 0.445. The third-order valence-corrected chi connectivity index (χ3v) is 1.02. The Morgan fingerprint density at radius 3 is 1.13 bits per heavy atom. The molecule has 138 valence electrons. The van der Waals surface area contributed by atoms with Gasteiger partial charge in [-0.05, 0) is 0 Å². The standard InChI is InChI=1S/C4H6O4.C4H10O3.2CH5N3/c5-3(6)1-2-4(7)8;5-1-3-7-4-2-6;2*2-1(3)4/h1-2H2,(H,5,6)(H,7,8);5-6H,1-4H2;2*(H5,2,3,4). The van der Waals surface area contributed by atoms with Crippen LogP contribution in [-0.4, -0.2) is 70.7 Å². The molecule has 0 atom stereocenters. The van der Waals surface area contributed by atoms with E-state index in [-0.39, 0.29) is 38.0 Å². The van der Waals surface area contributed by atoms with E-state index >= 15 is 0 Å². The fraction of sp³-hybridized carbons (Fsp3) is 0.600. The second kappa shape index (κ2) is 24.4. The van der Waals surface area contributed by atoms with Gasteiger partial charge in [0.25, 0.3) is 0 Å². The van der Waals surface area contributed by atoms with Crippen LogP contribution in [0.3, 0.4) is 0 Å². The van der Waals surface area contributed by atoms with E-state index in [9.17, 15) is 9.59 Å². The highest BCUT2D eigenvalue weighted by atomic mass is 16.5. The van der Waals surface area contributed by atoms with Gasteiger partial charge in [0.15, 0.2) is 11.9 Å². The summed E-state index contributed by atoms with van der Waals surface area (Å²) in [6.45, 7) is 0.696. The van der Waals surface area contributed by atoms with Gasteiger partial charge < -0.3 is 48.1 Å². The second-order valence-electron chi connectivity index (χ2n) is 3.26. The van der Waals surface area contributed by atoms with E-state index in [2.05, 4.69) is 27.7 Å². The predicted octanol–water partition coefficient (Wildman–Crippen LogP) is -3.40. The molecule has 0 rings (SSSR count). The molecule has 0 heterocycles. The highest BCUT2D eigenvalue weighted by molar-refractivity contribution is 5.75. The average Bonchev–Trinajstić information content (AvgIpc) is 2.36. The van der Waals surface area contributed by atoms with E-state index in [4.69, 9.17) is 31.2 Å². The summed E-state index contributed by atoms with van der Waals surface area (Å²) in [6.07, 6.45) is -0.593. The number of hydrogen-bond donors (Lipinski definition) is 10. The fourth-order valence-corrected chi connectivity index (χ4v) is 0.445.